The molecule has 0 saturated carbocycles. The van der Waals surface area contributed by atoms with E-state index in [1.54, 1.807) is 7.11 Å². The van der Waals surface area contributed by atoms with Gasteiger partial charge in [-0.05, 0) is 35.4 Å². The largest absolute Gasteiger partial charge is 0.497 e. The van der Waals surface area contributed by atoms with Gasteiger partial charge < -0.3 is 10.1 Å². The van der Waals surface area contributed by atoms with E-state index < -0.39 is 0 Å². The average molecular weight is 283 g/mol. The first-order valence-corrected chi connectivity index (χ1v) is 7.34. The Bertz CT molecular complexity index is 573. The van der Waals surface area contributed by atoms with Gasteiger partial charge >= 0.3 is 0 Å². The SMILES string of the molecule is COc1cccc(CN2CCNCC2c2ccncc2)c1. The Morgan fingerprint density at radius 3 is 2.95 bits per heavy atom. The third-order valence-electron chi connectivity index (χ3n) is 3.96. The molecule has 21 heavy (non-hydrogen) atoms. The molecule has 3 rings (SSSR count). The van der Waals surface area contributed by atoms with Crippen LogP contribution >= 0.6 is 0 Å². The average Bonchev–Trinajstić information content (AvgIpc) is 2.56. The summed E-state index contributed by atoms with van der Waals surface area (Å²) in [4.78, 5) is 6.63. The van der Waals surface area contributed by atoms with E-state index in [-0.39, 0.29) is 0 Å². The molecule has 2 aromatic rings. The number of hydrogen-bond acceptors (Lipinski definition) is 4. The molecule has 1 aliphatic rings. The number of aromatic nitrogens is 1. The van der Waals surface area contributed by atoms with Gasteiger partial charge in [0, 0.05) is 44.6 Å². The van der Waals surface area contributed by atoms with Gasteiger partial charge in [-0.3, -0.25) is 9.88 Å². The fourth-order valence-electron chi connectivity index (χ4n) is 2.86. The van der Waals surface area contributed by atoms with Crippen LogP contribution in [-0.2, 0) is 6.54 Å². The van der Waals surface area contributed by atoms with E-state index in [0.29, 0.717) is 6.04 Å². The number of hydrogen-bond donors (Lipinski definition) is 1. The molecule has 0 amide bonds. The van der Waals surface area contributed by atoms with E-state index >= 15 is 0 Å². The predicted molar refractivity (Wildman–Crippen MR) is 83.3 cm³/mol. The number of benzene rings is 1. The number of ether oxygens (including phenoxy) is 1. The van der Waals surface area contributed by atoms with Crippen molar-refractivity contribution in [3.05, 3.63) is 59.9 Å². The molecule has 0 bridgehead atoms. The number of pyridine rings is 1. The van der Waals surface area contributed by atoms with Crippen molar-refractivity contribution >= 4 is 0 Å². The molecular formula is C17H21N3O. The van der Waals surface area contributed by atoms with E-state index in [2.05, 4.69) is 45.5 Å². The smallest absolute Gasteiger partial charge is 0.119 e. The summed E-state index contributed by atoms with van der Waals surface area (Å²) in [6.45, 7) is 4.00. The van der Waals surface area contributed by atoms with E-state index in [9.17, 15) is 0 Å². The predicted octanol–water partition coefficient (Wildman–Crippen LogP) is 2.24. The number of nitrogens with one attached hydrogen (secondary N) is 1. The minimum absolute atomic E-state index is 0.396. The van der Waals surface area contributed by atoms with Crippen LogP contribution < -0.4 is 10.1 Å². The minimum Gasteiger partial charge on any atom is -0.497 e. The molecule has 110 valence electrons. The van der Waals surface area contributed by atoms with Crippen LogP contribution in [0.2, 0.25) is 0 Å². The zero-order chi connectivity index (χ0) is 14.5. The quantitative estimate of drug-likeness (QED) is 0.934. The summed E-state index contributed by atoms with van der Waals surface area (Å²) in [6, 6.07) is 12.9. The van der Waals surface area contributed by atoms with Crippen LogP contribution in [0.5, 0.6) is 5.75 Å². The zero-order valence-electron chi connectivity index (χ0n) is 12.3. The van der Waals surface area contributed by atoms with Gasteiger partial charge in [-0.15, -0.1) is 0 Å². The van der Waals surface area contributed by atoms with Gasteiger partial charge in [0.1, 0.15) is 5.75 Å². The summed E-state index contributed by atoms with van der Waals surface area (Å²) in [7, 11) is 1.71. The van der Waals surface area contributed by atoms with Crippen molar-refractivity contribution in [2.45, 2.75) is 12.6 Å². The maximum absolute atomic E-state index is 5.32. The molecule has 4 nitrogen and oxygen atoms in total. The molecule has 1 fully saturated rings. The number of methoxy groups -OCH3 is 1. The number of rotatable bonds is 4. The molecule has 1 atom stereocenters. The highest BCUT2D eigenvalue weighted by Gasteiger charge is 2.23. The highest BCUT2D eigenvalue weighted by molar-refractivity contribution is 5.28. The van der Waals surface area contributed by atoms with Crippen molar-refractivity contribution < 1.29 is 4.74 Å². The number of piperazine rings is 1. The lowest BCUT2D eigenvalue weighted by molar-refractivity contribution is 0.153. The summed E-state index contributed by atoms with van der Waals surface area (Å²) < 4.78 is 5.32. The molecule has 4 heteroatoms. The second-order valence-electron chi connectivity index (χ2n) is 5.32. The molecule has 0 radical (unpaired) electrons. The van der Waals surface area contributed by atoms with Crippen LogP contribution in [0.4, 0.5) is 0 Å². The van der Waals surface area contributed by atoms with Crippen LogP contribution in [0.25, 0.3) is 0 Å². The summed E-state index contributed by atoms with van der Waals surface area (Å²) >= 11 is 0. The lowest BCUT2D eigenvalue weighted by Gasteiger charge is -2.36. The first-order chi connectivity index (χ1) is 10.4. The molecule has 0 aliphatic carbocycles. The Balaban J connectivity index is 1.78. The summed E-state index contributed by atoms with van der Waals surface area (Å²) in [5, 5.41) is 3.48. The lowest BCUT2D eigenvalue weighted by atomic mass is 10.0. The molecule has 1 aromatic heterocycles. The standard InChI is InChI=1S/C17H21N3O/c1-21-16-4-2-3-14(11-16)13-20-10-9-19-12-17(20)15-5-7-18-8-6-15/h2-8,11,17,19H,9-10,12-13H2,1H3. The topological polar surface area (TPSA) is 37.4 Å². The third kappa shape index (κ3) is 3.40. The Morgan fingerprint density at radius 2 is 2.14 bits per heavy atom. The molecule has 0 spiro atoms. The van der Waals surface area contributed by atoms with Gasteiger partial charge in [0.2, 0.25) is 0 Å². The van der Waals surface area contributed by atoms with Gasteiger partial charge in [0.05, 0.1) is 7.11 Å². The molecule has 1 saturated heterocycles. The summed E-state index contributed by atoms with van der Waals surface area (Å²) in [5.41, 5.74) is 2.61. The van der Waals surface area contributed by atoms with E-state index in [0.717, 1.165) is 31.9 Å². The fraction of sp³-hybridized carbons (Fsp3) is 0.353. The third-order valence-corrected chi connectivity index (χ3v) is 3.96. The van der Waals surface area contributed by atoms with Crippen LogP contribution in [-0.4, -0.2) is 36.6 Å². The lowest BCUT2D eigenvalue weighted by Crippen LogP contribution is -2.45. The van der Waals surface area contributed by atoms with Gasteiger partial charge in [0.25, 0.3) is 0 Å². The minimum atomic E-state index is 0.396. The zero-order valence-corrected chi connectivity index (χ0v) is 12.3. The van der Waals surface area contributed by atoms with Gasteiger partial charge in [-0.25, -0.2) is 0 Å². The number of nitrogens with zero attached hydrogens (tertiary/aromatic N) is 2. The monoisotopic (exact) mass is 283 g/mol. The van der Waals surface area contributed by atoms with Crippen LogP contribution in [0.3, 0.4) is 0 Å². The van der Waals surface area contributed by atoms with Crippen LogP contribution in [0.1, 0.15) is 17.2 Å². The highest BCUT2D eigenvalue weighted by atomic mass is 16.5. The van der Waals surface area contributed by atoms with Gasteiger partial charge in [-0.2, -0.15) is 0 Å². The molecule has 2 heterocycles. The molecular weight excluding hydrogens is 262 g/mol. The Kier molecular flexibility index (Phi) is 4.48. The van der Waals surface area contributed by atoms with Crippen molar-refractivity contribution in [3.8, 4) is 5.75 Å². The van der Waals surface area contributed by atoms with E-state index in [1.165, 1.54) is 11.1 Å². The molecule has 1 aliphatic heterocycles. The Labute approximate surface area is 125 Å². The highest BCUT2D eigenvalue weighted by Crippen LogP contribution is 2.24. The van der Waals surface area contributed by atoms with Crippen molar-refractivity contribution in [2.75, 3.05) is 26.7 Å². The first kappa shape index (κ1) is 14.0. The Hall–Kier alpha value is -1.91. The summed E-state index contributed by atoms with van der Waals surface area (Å²) in [6.07, 6.45) is 3.74. The normalized spacial score (nSPS) is 19.4. The second kappa shape index (κ2) is 6.70. The van der Waals surface area contributed by atoms with Crippen molar-refractivity contribution in [1.82, 2.24) is 15.2 Å². The van der Waals surface area contributed by atoms with Crippen molar-refractivity contribution in [2.24, 2.45) is 0 Å². The summed E-state index contributed by atoms with van der Waals surface area (Å²) in [5.74, 6) is 0.920. The van der Waals surface area contributed by atoms with Gasteiger partial charge in [-0.1, -0.05) is 12.1 Å². The van der Waals surface area contributed by atoms with Gasteiger partial charge in [0.15, 0.2) is 0 Å². The second-order valence-corrected chi connectivity index (χ2v) is 5.32. The molecule has 1 N–H and O–H groups in total. The van der Waals surface area contributed by atoms with Crippen LogP contribution in [0.15, 0.2) is 48.8 Å². The first-order valence-electron chi connectivity index (χ1n) is 7.34. The van der Waals surface area contributed by atoms with E-state index in [1.807, 2.05) is 18.5 Å². The fourth-order valence-corrected chi connectivity index (χ4v) is 2.86. The molecule has 1 unspecified atom stereocenters. The maximum atomic E-state index is 5.32. The van der Waals surface area contributed by atoms with E-state index in [4.69, 9.17) is 4.74 Å². The Morgan fingerprint density at radius 1 is 1.29 bits per heavy atom. The van der Waals surface area contributed by atoms with Crippen molar-refractivity contribution in [1.29, 1.82) is 0 Å². The van der Waals surface area contributed by atoms with Crippen LogP contribution in [0, 0.1) is 0 Å². The molecule has 1 aromatic carbocycles. The van der Waals surface area contributed by atoms with Crippen molar-refractivity contribution in [3.63, 3.8) is 0 Å². The maximum Gasteiger partial charge on any atom is 0.119 e.